The second-order valence-corrected chi connectivity index (χ2v) is 4.04. The summed E-state index contributed by atoms with van der Waals surface area (Å²) in [5.41, 5.74) is 7.89. The van der Waals surface area contributed by atoms with Crippen LogP contribution in [0.5, 0.6) is 11.5 Å². The van der Waals surface area contributed by atoms with Crippen LogP contribution in [0.15, 0.2) is 42.5 Å². The van der Waals surface area contributed by atoms with E-state index in [9.17, 15) is 0 Å². The summed E-state index contributed by atoms with van der Waals surface area (Å²) < 4.78 is 10.8. The molecule has 0 bridgehead atoms. The monoisotopic (exact) mass is 254 g/mol. The van der Waals surface area contributed by atoms with Crippen LogP contribution in [0, 0.1) is 11.3 Å². The lowest BCUT2D eigenvalue weighted by Gasteiger charge is -2.09. The predicted octanol–water partition coefficient (Wildman–Crippen LogP) is 2.73. The van der Waals surface area contributed by atoms with Crippen molar-refractivity contribution in [2.24, 2.45) is 0 Å². The molecule has 0 heterocycles. The minimum absolute atomic E-state index is 0.371. The van der Waals surface area contributed by atoms with Crippen molar-refractivity contribution in [3.63, 3.8) is 0 Å². The lowest BCUT2D eigenvalue weighted by atomic mass is 10.2. The first kappa shape index (κ1) is 12.8. The Morgan fingerprint density at radius 3 is 2.74 bits per heavy atom. The highest BCUT2D eigenvalue weighted by atomic mass is 16.5. The molecule has 19 heavy (non-hydrogen) atoms. The number of benzene rings is 2. The molecule has 0 fully saturated rings. The molecule has 96 valence electrons. The van der Waals surface area contributed by atoms with E-state index in [4.69, 9.17) is 20.5 Å². The van der Waals surface area contributed by atoms with Gasteiger partial charge in [0.05, 0.1) is 18.7 Å². The Morgan fingerprint density at radius 2 is 2.00 bits per heavy atom. The molecule has 0 radical (unpaired) electrons. The van der Waals surface area contributed by atoms with Gasteiger partial charge in [-0.05, 0) is 35.9 Å². The van der Waals surface area contributed by atoms with Gasteiger partial charge in [-0.1, -0.05) is 6.07 Å². The van der Waals surface area contributed by atoms with Gasteiger partial charge in [0.1, 0.15) is 18.1 Å². The molecule has 0 aliphatic heterocycles. The standard InChI is InChI=1S/C15H14N2O2/c1-18-15-7-12(5-13(17)8-15)10-19-14-4-2-3-11(6-14)9-16/h2-8H,10,17H2,1H3. The number of methoxy groups -OCH3 is 1. The molecule has 0 saturated heterocycles. The molecule has 0 saturated carbocycles. The highest BCUT2D eigenvalue weighted by Gasteiger charge is 2.01. The summed E-state index contributed by atoms with van der Waals surface area (Å²) in [5, 5.41) is 8.81. The van der Waals surface area contributed by atoms with Crippen LogP contribution < -0.4 is 15.2 Å². The van der Waals surface area contributed by atoms with Crippen LogP contribution in [0.25, 0.3) is 0 Å². The molecular weight excluding hydrogens is 240 g/mol. The molecule has 2 aromatic carbocycles. The number of hydrogen-bond acceptors (Lipinski definition) is 4. The smallest absolute Gasteiger partial charge is 0.121 e. The summed E-state index contributed by atoms with van der Waals surface area (Å²) >= 11 is 0. The average molecular weight is 254 g/mol. The van der Waals surface area contributed by atoms with Gasteiger partial charge in [0.2, 0.25) is 0 Å². The van der Waals surface area contributed by atoms with E-state index in [0.29, 0.717) is 29.4 Å². The second-order valence-electron chi connectivity index (χ2n) is 4.04. The predicted molar refractivity (Wildman–Crippen MR) is 72.9 cm³/mol. The molecule has 0 unspecified atom stereocenters. The fourth-order valence-electron chi connectivity index (χ4n) is 1.71. The van der Waals surface area contributed by atoms with Crippen molar-refractivity contribution in [3.05, 3.63) is 53.6 Å². The maximum absolute atomic E-state index is 8.81. The number of anilines is 1. The number of nitrogens with zero attached hydrogens (tertiary/aromatic N) is 1. The van der Waals surface area contributed by atoms with Crippen LogP contribution in [0.3, 0.4) is 0 Å². The van der Waals surface area contributed by atoms with Crippen LogP contribution >= 0.6 is 0 Å². The number of nitrogens with two attached hydrogens (primary N) is 1. The molecule has 4 nitrogen and oxygen atoms in total. The Labute approximate surface area is 112 Å². The molecule has 2 rings (SSSR count). The van der Waals surface area contributed by atoms with Gasteiger partial charge in [0.15, 0.2) is 0 Å². The van der Waals surface area contributed by atoms with Gasteiger partial charge < -0.3 is 15.2 Å². The van der Waals surface area contributed by atoms with Crippen molar-refractivity contribution in [3.8, 4) is 17.6 Å². The highest BCUT2D eigenvalue weighted by Crippen LogP contribution is 2.20. The fraction of sp³-hybridized carbons (Fsp3) is 0.133. The molecule has 0 aliphatic carbocycles. The van der Waals surface area contributed by atoms with Crippen LogP contribution in [0.4, 0.5) is 5.69 Å². The molecule has 4 heteroatoms. The molecule has 0 atom stereocenters. The maximum atomic E-state index is 8.81. The maximum Gasteiger partial charge on any atom is 0.121 e. The van der Waals surface area contributed by atoms with Gasteiger partial charge in [0, 0.05) is 11.8 Å². The normalized spacial score (nSPS) is 9.68. The van der Waals surface area contributed by atoms with E-state index in [1.54, 1.807) is 31.4 Å². The van der Waals surface area contributed by atoms with E-state index in [1.807, 2.05) is 18.2 Å². The zero-order valence-corrected chi connectivity index (χ0v) is 10.6. The largest absolute Gasteiger partial charge is 0.497 e. The van der Waals surface area contributed by atoms with Gasteiger partial charge in [-0.15, -0.1) is 0 Å². The SMILES string of the molecule is COc1cc(N)cc(COc2cccc(C#N)c2)c1. The van der Waals surface area contributed by atoms with Crippen molar-refractivity contribution in [1.82, 2.24) is 0 Å². The third-order valence-electron chi connectivity index (χ3n) is 2.59. The number of nitriles is 1. The fourth-order valence-corrected chi connectivity index (χ4v) is 1.71. The summed E-state index contributed by atoms with van der Waals surface area (Å²) in [6, 6.07) is 14.5. The van der Waals surface area contributed by atoms with E-state index in [0.717, 1.165) is 5.56 Å². The van der Waals surface area contributed by atoms with Gasteiger partial charge in [0.25, 0.3) is 0 Å². The van der Waals surface area contributed by atoms with Gasteiger partial charge in [-0.3, -0.25) is 0 Å². The summed E-state index contributed by atoms with van der Waals surface area (Å²) in [4.78, 5) is 0. The topological polar surface area (TPSA) is 68.3 Å². The minimum atomic E-state index is 0.371. The van der Waals surface area contributed by atoms with Crippen molar-refractivity contribution in [2.75, 3.05) is 12.8 Å². The van der Waals surface area contributed by atoms with Crippen LogP contribution in [0.2, 0.25) is 0 Å². The zero-order valence-electron chi connectivity index (χ0n) is 10.6. The third-order valence-corrected chi connectivity index (χ3v) is 2.59. The number of nitrogen functional groups attached to an aromatic ring is 1. The van der Waals surface area contributed by atoms with E-state index in [-0.39, 0.29) is 0 Å². The van der Waals surface area contributed by atoms with E-state index < -0.39 is 0 Å². The van der Waals surface area contributed by atoms with Crippen LogP contribution in [0.1, 0.15) is 11.1 Å². The molecule has 0 aliphatic rings. The quantitative estimate of drug-likeness (QED) is 0.852. The van der Waals surface area contributed by atoms with Gasteiger partial charge in [-0.25, -0.2) is 0 Å². The lowest BCUT2D eigenvalue weighted by Crippen LogP contribution is -1.98. The summed E-state index contributed by atoms with van der Waals surface area (Å²) in [6.45, 7) is 0.371. The minimum Gasteiger partial charge on any atom is -0.497 e. The molecule has 2 aromatic rings. The first-order valence-corrected chi connectivity index (χ1v) is 5.77. The van der Waals surface area contributed by atoms with E-state index in [1.165, 1.54) is 0 Å². The van der Waals surface area contributed by atoms with Crippen molar-refractivity contribution >= 4 is 5.69 Å². The van der Waals surface area contributed by atoms with Gasteiger partial charge >= 0.3 is 0 Å². The van der Waals surface area contributed by atoms with Crippen LogP contribution in [-0.2, 0) is 6.61 Å². The Bertz CT molecular complexity index is 618. The van der Waals surface area contributed by atoms with Crippen molar-refractivity contribution < 1.29 is 9.47 Å². The summed E-state index contributed by atoms with van der Waals surface area (Å²) in [7, 11) is 1.59. The zero-order chi connectivity index (χ0) is 13.7. The number of rotatable bonds is 4. The summed E-state index contributed by atoms with van der Waals surface area (Å²) in [6.07, 6.45) is 0. The molecule has 0 spiro atoms. The first-order valence-electron chi connectivity index (χ1n) is 5.77. The van der Waals surface area contributed by atoms with Gasteiger partial charge in [-0.2, -0.15) is 5.26 Å². The average Bonchev–Trinajstić information content (AvgIpc) is 2.44. The molecule has 0 amide bonds. The molecular formula is C15H14N2O2. The summed E-state index contributed by atoms with van der Waals surface area (Å²) in [5.74, 6) is 1.35. The Hall–Kier alpha value is -2.67. The second kappa shape index (κ2) is 5.78. The van der Waals surface area contributed by atoms with Crippen LogP contribution in [-0.4, -0.2) is 7.11 Å². The molecule has 2 N–H and O–H groups in total. The Balaban J connectivity index is 2.10. The van der Waals surface area contributed by atoms with Crippen molar-refractivity contribution in [1.29, 1.82) is 5.26 Å². The highest BCUT2D eigenvalue weighted by molar-refractivity contribution is 5.47. The number of hydrogen-bond donors (Lipinski definition) is 1. The number of ether oxygens (including phenoxy) is 2. The first-order chi connectivity index (χ1) is 9.21. The van der Waals surface area contributed by atoms with E-state index in [2.05, 4.69) is 6.07 Å². The molecule has 0 aromatic heterocycles. The Morgan fingerprint density at radius 1 is 1.16 bits per heavy atom. The third kappa shape index (κ3) is 3.39. The Kier molecular flexibility index (Phi) is 3.89. The van der Waals surface area contributed by atoms with Crippen molar-refractivity contribution in [2.45, 2.75) is 6.61 Å². The lowest BCUT2D eigenvalue weighted by molar-refractivity contribution is 0.305. The van der Waals surface area contributed by atoms with E-state index >= 15 is 0 Å².